The van der Waals surface area contributed by atoms with Gasteiger partial charge < -0.3 is 15.6 Å². The van der Waals surface area contributed by atoms with Gasteiger partial charge >= 0.3 is 11.9 Å². The standard InChI is InChI=1S/C11H15N3O5/c1-2-3-19-11(18)6-4-13-5-7(12)9(15)14(13)8(6)10(16)17/h7H,2-5,12H2,1H3,(H,16,17)/t7-/m1/s1. The Balaban J connectivity index is 2.30. The summed E-state index contributed by atoms with van der Waals surface area (Å²) < 4.78 is 4.93. The van der Waals surface area contributed by atoms with Crippen LogP contribution in [0.2, 0.25) is 0 Å². The van der Waals surface area contributed by atoms with Gasteiger partial charge in [-0.05, 0) is 6.42 Å². The summed E-state index contributed by atoms with van der Waals surface area (Å²) in [5, 5.41) is 11.6. The number of nitrogens with two attached hydrogens (primary N) is 1. The van der Waals surface area contributed by atoms with Crippen LogP contribution < -0.4 is 5.73 Å². The summed E-state index contributed by atoms with van der Waals surface area (Å²) in [5.41, 5.74) is 5.21. The van der Waals surface area contributed by atoms with E-state index < -0.39 is 23.9 Å². The van der Waals surface area contributed by atoms with Gasteiger partial charge in [-0.25, -0.2) is 19.6 Å². The van der Waals surface area contributed by atoms with E-state index in [1.54, 1.807) is 0 Å². The third kappa shape index (κ3) is 2.20. The van der Waals surface area contributed by atoms with Crippen molar-refractivity contribution in [3.8, 4) is 0 Å². The molecule has 0 aromatic heterocycles. The van der Waals surface area contributed by atoms with Crippen LogP contribution in [-0.2, 0) is 19.1 Å². The fourth-order valence-electron chi connectivity index (χ4n) is 2.12. The van der Waals surface area contributed by atoms with Gasteiger partial charge in [-0.1, -0.05) is 6.92 Å². The highest BCUT2D eigenvalue weighted by atomic mass is 16.5. The van der Waals surface area contributed by atoms with E-state index in [1.807, 2.05) is 6.92 Å². The maximum absolute atomic E-state index is 11.8. The number of hydrogen-bond acceptors (Lipinski definition) is 6. The number of esters is 1. The number of carbonyl (C=O) groups excluding carboxylic acids is 2. The average Bonchev–Trinajstić information content (AvgIpc) is 2.85. The van der Waals surface area contributed by atoms with Crippen molar-refractivity contribution in [2.45, 2.75) is 19.4 Å². The molecule has 19 heavy (non-hydrogen) atoms. The molecule has 2 aliphatic heterocycles. The van der Waals surface area contributed by atoms with Crippen molar-refractivity contribution >= 4 is 17.8 Å². The predicted molar refractivity (Wildman–Crippen MR) is 62.3 cm³/mol. The minimum Gasteiger partial charge on any atom is -0.477 e. The highest BCUT2D eigenvalue weighted by Crippen LogP contribution is 2.29. The largest absolute Gasteiger partial charge is 0.477 e. The molecule has 0 saturated carbocycles. The first-order valence-electron chi connectivity index (χ1n) is 5.95. The molecule has 0 unspecified atom stereocenters. The smallest absolute Gasteiger partial charge is 0.354 e. The Morgan fingerprint density at radius 2 is 2.21 bits per heavy atom. The van der Waals surface area contributed by atoms with Gasteiger partial charge in [-0.3, -0.25) is 4.79 Å². The Hall–Kier alpha value is -1.93. The van der Waals surface area contributed by atoms with E-state index in [0.717, 1.165) is 5.01 Å². The lowest BCUT2D eigenvalue weighted by atomic mass is 10.2. The number of rotatable bonds is 4. The van der Waals surface area contributed by atoms with Gasteiger partial charge in [0.05, 0.1) is 18.7 Å². The molecule has 2 rings (SSSR count). The van der Waals surface area contributed by atoms with Crippen molar-refractivity contribution in [3.05, 3.63) is 11.3 Å². The molecule has 0 aromatic rings. The molecule has 0 bridgehead atoms. The van der Waals surface area contributed by atoms with Gasteiger partial charge in [0, 0.05) is 6.54 Å². The third-order valence-electron chi connectivity index (χ3n) is 2.94. The van der Waals surface area contributed by atoms with Gasteiger partial charge in [-0.15, -0.1) is 0 Å². The average molecular weight is 269 g/mol. The number of ether oxygens (including phenoxy) is 1. The maximum Gasteiger partial charge on any atom is 0.354 e. The first-order valence-corrected chi connectivity index (χ1v) is 5.95. The first kappa shape index (κ1) is 13.5. The zero-order valence-electron chi connectivity index (χ0n) is 10.5. The van der Waals surface area contributed by atoms with E-state index >= 15 is 0 Å². The second-order valence-corrected chi connectivity index (χ2v) is 4.37. The van der Waals surface area contributed by atoms with Crippen molar-refractivity contribution in [2.24, 2.45) is 5.73 Å². The molecule has 2 aliphatic rings. The molecule has 0 spiro atoms. The van der Waals surface area contributed by atoms with Crippen LogP contribution in [0, 0.1) is 0 Å². The van der Waals surface area contributed by atoms with Gasteiger partial charge in [-0.2, -0.15) is 0 Å². The van der Waals surface area contributed by atoms with E-state index in [0.29, 0.717) is 6.42 Å². The van der Waals surface area contributed by atoms with Crippen LogP contribution in [0.4, 0.5) is 0 Å². The van der Waals surface area contributed by atoms with Crippen LogP contribution in [0.15, 0.2) is 11.3 Å². The Labute approximate surface area is 109 Å². The van der Waals surface area contributed by atoms with Crippen LogP contribution >= 0.6 is 0 Å². The minimum atomic E-state index is -1.34. The lowest BCUT2D eigenvalue weighted by molar-refractivity contribution is -0.143. The lowest BCUT2D eigenvalue weighted by Gasteiger charge is -2.18. The Kier molecular flexibility index (Phi) is 3.54. The number of carbonyl (C=O) groups is 3. The Morgan fingerprint density at radius 1 is 1.53 bits per heavy atom. The zero-order valence-corrected chi connectivity index (χ0v) is 10.5. The summed E-state index contributed by atoms with van der Waals surface area (Å²) in [6, 6.07) is -0.762. The normalized spacial score (nSPS) is 22.9. The highest BCUT2D eigenvalue weighted by Gasteiger charge is 2.48. The Morgan fingerprint density at radius 3 is 2.79 bits per heavy atom. The number of carboxylic acid groups (broad SMARTS) is 1. The van der Waals surface area contributed by atoms with Crippen molar-refractivity contribution in [3.63, 3.8) is 0 Å². The van der Waals surface area contributed by atoms with E-state index in [-0.39, 0.29) is 31.0 Å². The number of carboxylic acids is 1. The quantitative estimate of drug-likeness (QED) is 0.608. The molecule has 104 valence electrons. The molecule has 0 aromatic carbocycles. The number of fused-ring (bicyclic) bond motifs is 1. The number of amides is 1. The highest BCUT2D eigenvalue weighted by molar-refractivity contribution is 6.04. The van der Waals surface area contributed by atoms with E-state index in [4.69, 9.17) is 10.5 Å². The van der Waals surface area contributed by atoms with Crippen LogP contribution in [0.1, 0.15) is 13.3 Å². The summed E-state index contributed by atoms with van der Waals surface area (Å²) in [6.07, 6.45) is 0.638. The molecule has 0 aliphatic carbocycles. The summed E-state index contributed by atoms with van der Waals surface area (Å²) in [6.45, 7) is 2.27. The number of aliphatic carboxylic acids is 1. The molecule has 8 heteroatoms. The van der Waals surface area contributed by atoms with Gasteiger partial charge in [0.2, 0.25) is 0 Å². The molecule has 2 heterocycles. The molecule has 1 fully saturated rings. The summed E-state index contributed by atoms with van der Waals surface area (Å²) in [4.78, 5) is 34.9. The van der Waals surface area contributed by atoms with Crippen molar-refractivity contribution in [1.82, 2.24) is 10.0 Å². The lowest BCUT2D eigenvalue weighted by Crippen LogP contribution is -2.37. The number of hydrogen-bond donors (Lipinski definition) is 2. The van der Waals surface area contributed by atoms with Gasteiger partial charge in [0.1, 0.15) is 6.04 Å². The first-order chi connectivity index (χ1) is 8.97. The number of nitrogens with zero attached hydrogens (tertiary/aromatic N) is 2. The molecule has 3 N–H and O–H groups in total. The monoisotopic (exact) mass is 269 g/mol. The summed E-state index contributed by atoms with van der Waals surface area (Å²) in [7, 11) is 0. The van der Waals surface area contributed by atoms with E-state index in [2.05, 4.69) is 0 Å². The molecule has 1 atom stereocenters. The molecule has 0 radical (unpaired) electrons. The molecule has 8 nitrogen and oxygen atoms in total. The molecule has 1 saturated heterocycles. The molecule has 1 amide bonds. The van der Waals surface area contributed by atoms with Crippen molar-refractivity contribution < 1.29 is 24.2 Å². The van der Waals surface area contributed by atoms with Crippen LogP contribution in [0.25, 0.3) is 0 Å². The van der Waals surface area contributed by atoms with Crippen LogP contribution in [0.3, 0.4) is 0 Å². The fraction of sp³-hybridized carbons (Fsp3) is 0.545. The summed E-state index contributed by atoms with van der Waals surface area (Å²) in [5.74, 6) is -2.56. The summed E-state index contributed by atoms with van der Waals surface area (Å²) >= 11 is 0. The Bertz CT molecular complexity index is 473. The SMILES string of the molecule is CCCOC(=O)C1=C(C(=O)O)N2C(=O)[C@H](N)CN2C1. The van der Waals surface area contributed by atoms with E-state index in [1.165, 1.54) is 5.01 Å². The molecular weight excluding hydrogens is 254 g/mol. The van der Waals surface area contributed by atoms with Crippen molar-refractivity contribution in [2.75, 3.05) is 19.7 Å². The third-order valence-corrected chi connectivity index (χ3v) is 2.94. The maximum atomic E-state index is 11.8. The van der Waals surface area contributed by atoms with E-state index in [9.17, 15) is 19.5 Å². The topological polar surface area (TPSA) is 113 Å². The van der Waals surface area contributed by atoms with Crippen LogP contribution in [-0.4, -0.2) is 58.7 Å². The fourth-order valence-corrected chi connectivity index (χ4v) is 2.12. The van der Waals surface area contributed by atoms with Gasteiger partial charge in [0.15, 0.2) is 5.70 Å². The second-order valence-electron chi connectivity index (χ2n) is 4.37. The molecular formula is C11H15N3O5. The minimum absolute atomic E-state index is 0.0128. The van der Waals surface area contributed by atoms with Gasteiger partial charge in [0.25, 0.3) is 5.91 Å². The van der Waals surface area contributed by atoms with Crippen molar-refractivity contribution in [1.29, 1.82) is 0 Å². The second kappa shape index (κ2) is 4.98. The zero-order chi connectivity index (χ0) is 14.2. The van der Waals surface area contributed by atoms with Crippen LogP contribution in [0.5, 0.6) is 0 Å². The predicted octanol–water partition coefficient (Wildman–Crippen LogP) is -1.32. The number of hydrazine groups is 1.